The Bertz CT molecular complexity index is 1320. The van der Waals surface area contributed by atoms with Crippen molar-refractivity contribution in [2.45, 2.75) is 52.8 Å². The largest absolute Gasteiger partial charge is 0.443 e. The van der Waals surface area contributed by atoms with Gasteiger partial charge in [0, 0.05) is 17.5 Å². The summed E-state index contributed by atoms with van der Waals surface area (Å²) in [7, 11) is -4.09. The molecule has 1 aromatic heterocycles. The maximum absolute atomic E-state index is 12.7. The molecule has 0 unspecified atom stereocenters. The summed E-state index contributed by atoms with van der Waals surface area (Å²) in [5, 5.41) is 5.91. The SMILES string of the molecule is CC(C)n1nc(-c2ccc(CNS(=O)(=O)NC(=O)OC(C)(C)C)cc2)c2ccccc2c1=O. The molecule has 0 aliphatic carbocycles. The third kappa shape index (κ3) is 6.17. The standard InChI is InChI=1S/C23H28N4O5S/c1-15(2)27-21(28)19-9-7-6-8-18(19)20(25-27)17-12-10-16(11-13-17)14-24-33(30,31)26-22(29)32-23(3,4)5/h6-13,15,24H,14H2,1-5H3,(H,26,29). The lowest BCUT2D eigenvalue weighted by Gasteiger charge is -2.19. The molecule has 0 bridgehead atoms. The normalized spacial score (nSPS) is 12.2. The molecule has 0 fully saturated rings. The van der Waals surface area contributed by atoms with Crippen LogP contribution in [0.4, 0.5) is 4.79 Å². The third-order valence-corrected chi connectivity index (χ3v) is 5.59. The van der Waals surface area contributed by atoms with Crippen LogP contribution in [0.3, 0.4) is 0 Å². The molecule has 0 atom stereocenters. The monoisotopic (exact) mass is 472 g/mol. The van der Waals surface area contributed by atoms with Crippen molar-refractivity contribution in [1.82, 2.24) is 19.2 Å². The van der Waals surface area contributed by atoms with Crippen LogP contribution in [-0.4, -0.2) is 29.9 Å². The maximum atomic E-state index is 12.7. The first kappa shape index (κ1) is 24.4. The minimum atomic E-state index is -4.09. The van der Waals surface area contributed by atoms with Gasteiger partial charge in [0.25, 0.3) is 5.56 Å². The highest BCUT2D eigenvalue weighted by molar-refractivity contribution is 7.88. The molecule has 0 radical (unpaired) electrons. The van der Waals surface area contributed by atoms with Crippen LogP contribution in [0.5, 0.6) is 0 Å². The number of carbonyl (C=O) groups is 1. The number of carbonyl (C=O) groups excluding carboxylic acids is 1. The highest BCUT2D eigenvalue weighted by Gasteiger charge is 2.21. The summed E-state index contributed by atoms with van der Waals surface area (Å²) < 4.78 is 34.8. The molecule has 0 saturated carbocycles. The average Bonchev–Trinajstić information content (AvgIpc) is 2.71. The number of benzene rings is 2. The van der Waals surface area contributed by atoms with Gasteiger partial charge >= 0.3 is 16.3 Å². The van der Waals surface area contributed by atoms with Crippen molar-refractivity contribution in [2.75, 3.05) is 0 Å². The summed E-state index contributed by atoms with van der Waals surface area (Å²) in [5.74, 6) is 0. The topological polar surface area (TPSA) is 119 Å². The molecule has 176 valence electrons. The Morgan fingerprint density at radius 3 is 2.24 bits per heavy atom. The van der Waals surface area contributed by atoms with Gasteiger partial charge in [0.15, 0.2) is 0 Å². The zero-order valence-corrected chi connectivity index (χ0v) is 20.1. The van der Waals surface area contributed by atoms with Crippen LogP contribution >= 0.6 is 0 Å². The Hall–Kier alpha value is -3.24. The molecule has 2 N–H and O–H groups in total. The fourth-order valence-corrected chi connectivity index (χ4v) is 3.86. The summed E-state index contributed by atoms with van der Waals surface area (Å²) in [6.07, 6.45) is -1.05. The molecule has 9 nitrogen and oxygen atoms in total. The fourth-order valence-electron chi connectivity index (χ4n) is 3.17. The highest BCUT2D eigenvalue weighted by atomic mass is 32.2. The minimum Gasteiger partial charge on any atom is -0.443 e. The van der Waals surface area contributed by atoms with Gasteiger partial charge in [0.05, 0.1) is 17.1 Å². The molecular weight excluding hydrogens is 444 g/mol. The molecular formula is C23H28N4O5S. The van der Waals surface area contributed by atoms with Gasteiger partial charge < -0.3 is 4.74 Å². The van der Waals surface area contributed by atoms with Gasteiger partial charge in [0.2, 0.25) is 0 Å². The lowest BCUT2D eigenvalue weighted by molar-refractivity contribution is 0.0569. The van der Waals surface area contributed by atoms with E-state index in [4.69, 9.17) is 4.74 Å². The van der Waals surface area contributed by atoms with Crippen LogP contribution in [0, 0.1) is 0 Å². The Morgan fingerprint density at radius 1 is 1.06 bits per heavy atom. The Balaban J connectivity index is 1.80. The Morgan fingerprint density at radius 2 is 1.67 bits per heavy atom. The van der Waals surface area contributed by atoms with E-state index >= 15 is 0 Å². The Kier molecular flexibility index (Phi) is 6.89. The molecule has 3 rings (SSSR count). The van der Waals surface area contributed by atoms with Crippen molar-refractivity contribution in [1.29, 1.82) is 0 Å². The molecule has 0 aliphatic heterocycles. The van der Waals surface area contributed by atoms with Gasteiger partial charge in [-0.25, -0.2) is 14.2 Å². The molecule has 0 aliphatic rings. The summed E-state index contributed by atoms with van der Waals surface area (Å²) in [6.45, 7) is 8.68. The number of aromatic nitrogens is 2. The average molecular weight is 473 g/mol. The van der Waals surface area contributed by atoms with Crippen LogP contribution in [0.25, 0.3) is 22.0 Å². The number of nitrogens with zero attached hydrogens (tertiary/aromatic N) is 2. The number of ether oxygens (including phenoxy) is 1. The van der Waals surface area contributed by atoms with E-state index in [2.05, 4.69) is 9.82 Å². The molecule has 2 aromatic carbocycles. The van der Waals surface area contributed by atoms with Crippen molar-refractivity contribution in [3.63, 3.8) is 0 Å². The van der Waals surface area contributed by atoms with Crippen LogP contribution < -0.4 is 15.0 Å². The van der Waals surface area contributed by atoms with E-state index in [1.807, 2.05) is 48.9 Å². The first-order valence-electron chi connectivity index (χ1n) is 10.5. The van der Waals surface area contributed by atoms with Gasteiger partial charge in [-0.2, -0.15) is 18.2 Å². The maximum Gasteiger partial charge on any atom is 0.422 e. The van der Waals surface area contributed by atoms with Gasteiger partial charge in [0.1, 0.15) is 5.60 Å². The number of nitrogens with one attached hydrogen (secondary N) is 2. The van der Waals surface area contributed by atoms with Crippen molar-refractivity contribution in [3.05, 3.63) is 64.4 Å². The van der Waals surface area contributed by atoms with E-state index < -0.39 is 21.9 Å². The fraction of sp³-hybridized carbons (Fsp3) is 0.348. The number of hydrogen-bond acceptors (Lipinski definition) is 6. The molecule has 10 heteroatoms. The zero-order chi connectivity index (χ0) is 24.4. The summed E-state index contributed by atoms with van der Waals surface area (Å²) >= 11 is 0. The van der Waals surface area contributed by atoms with Crippen LogP contribution in [-0.2, 0) is 21.5 Å². The first-order chi connectivity index (χ1) is 15.4. The smallest absolute Gasteiger partial charge is 0.422 e. The first-order valence-corrected chi connectivity index (χ1v) is 12.0. The minimum absolute atomic E-state index is 0.0297. The van der Waals surface area contributed by atoms with E-state index in [1.54, 1.807) is 39.0 Å². The second-order valence-electron chi connectivity index (χ2n) is 8.86. The van der Waals surface area contributed by atoms with Gasteiger partial charge in [-0.15, -0.1) is 0 Å². The summed E-state index contributed by atoms with van der Waals surface area (Å²) in [5.41, 5.74) is 1.17. The zero-order valence-electron chi connectivity index (χ0n) is 19.2. The number of amides is 1. The van der Waals surface area contributed by atoms with E-state index in [1.165, 1.54) is 4.68 Å². The number of rotatable bonds is 6. The second kappa shape index (κ2) is 9.32. The van der Waals surface area contributed by atoms with Crippen LogP contribution in [0.2, 0.25) is 0 Å². The Labute approximate surface area is 193 Å². The molecule has 3 aromatic rings. The van der Waals surface area contributed by atoms with Crippen molar-refractivity contribution >= 4 is 27.1 Å². The van der Waals surface area contributed by atoms with Crippen molar-refractivity contribution in [3.8, 4) is 11.3 Å². The number of hydrogen-bond donors (Lipinski definition) is 2. The predicted molar refractivity (Wildman–Crippen MR) is 127 cm³/mol. The van der Waals surface area contributed by atoms with Gasteiger partial charge in [-0.1, -0.05) is 42.5 Å². The van der Waals surface area contributed by atoms with E-state index in [0.717, 1.165) is 10.9 Å². The lowest BCUT2D eigenvalue weighted by atomic mass is 10.0. The van der Waals surface area contributed by atoms with Gasteiger partial charge in [-0.05, 0) is 46.2 Å². The van der Waals surface area contributed by atoms with Crippen LogP contribution in [0.15, 0.2) is 53.3 Å². The van der Waals surface area contributed by atoms with Crippen molar-refractivity contribution < 1.29 is 17.9 Å². The highest BCUT2D eigenvalue weighted by Crippen LogP contribution is 2.25. The second-order valence-corrected chi connectivity index (χ2v) is 10.4. The molecule has 33 heavy (non-hydrogen) atoms. The van der Waals surface area contributed by atoms with Crippen molar-refractivity contribution in [2.24, 2.45) is 0 Å². The molecule has 0 saturated heterocycles. The summed E-state index contributed by atoms with van der Waals surface area (Å²) in [6, 6.07) is 14.3. The van der Waals surface area contributed by atoms with Crippen LogP contribution in [0.1, 0.15) is 46.2 Å². The lowest BCUT2D eigenvalue weighted by Crippen LogP contribution is -2.42. The number of fused-ring (bicyclic) bond motifs is 1. The predicted octanol–water partition coefficient (Wildman–Crippen LogP) is 3.50. The molecule has 1 heterocycles. The molecule has 0 spiro atoms. The summed E-state index contributed by atoms with van der Waals surface area (Å²) in [4.78, 5) is 24.4. The van der Waals surface area contributed by atoms with E-state index in [9.17, 15) is 18.0 Å². The molecule has 1 amide bonds. The third-order valence-electron chi connectivity index (χ3n) is 4.63. The quantitative estimate of drug-likeness (QED) is 0.567. The van der Waals surface area contributed by atoms with E-state index in [-0.39, 0.29) is 18.1 Å². The van der Waals surface area contributed by atoms with Gasteiger partial charge in [-0.3, -0.25) is 4.79 Å². The van der Waals surface area contributed by atoms with E-state index in [0.29, 0.717) is 16.6 Å².